The van der Waals surface area contributed by atoms with E-state index in [9.17, 15) is 9.59 Å². The predicted molar refractivity (Wildman–Crippen MR) is 75.6 cm³/mol. The van der Waals surface area contributed by atoms with Gasteiger partial charge in [-0.1, -0.05) is 13.3 Å². The summed E-state index contributed by atoms with van der Waals surface area (Å²) in [4.78, 5) is 26.5. The Kier molecular flexibility index (Phi) is 4.76. The van der Waals surface area contributed by atoms with Gasteiger partial charge in [-0.2, -0.15) is 0 Å². The number of nitrogens with one attached hydrogen (secondary N) is 1. The first kappa shape index (κ1) is 14.8. The van der Waals surface area contributed by atoms with Gasteiger partial charge in [0.1, 0.15) is 0 Å². The van der Waals surface area contributed by atoms with Crippen molar-refractivity contribution in [3.05, 3.63) is 30.2 Å². The number of imidazole rings is 1. The molecule has 21 heavy (non-hydrogen) atoms. The van der Waals surface area contributed by atoms with Gasteiger partial charge in [-0.15, -0.1) is 0 Å². The standard InChI is InChI=1S/C14H17N3O4/c1-2-3-6-15-12(18)9-21-11-5-4-7-17-8-10(14(19)20)16-13(11)17/h4-5,7-8H,2-3,6,9H2,1H3,(H,15,18)(H,19,20). The van der Waals surface area contributed by atoms with Crippen molar-refractivity contribution in [2.45, 2.75) is 19.8 Å². The van der Waals surface area contributed by atoms with Crippen LogP contribution in [0.25, 0.3) is 5.65 Å². The molecule has 2 rings (SSSR count). The van der Waals surface area contributed by atoms with Gasteiger partial charge in [-0.3, -0.25) is 4.79 Å². The molecule has 0 saturated heterocycles. The second-order valence-electron chi connectivity index (χ2n) is 4.53. The van der Waals surface area contributed by atoms with Crippen molar-refractivity contribution >= 4 is 17.5 Å². The fraction of sp³-hybridized carbons (Fsp3) is 0.357. The van der Waals surface area contributed by atoms with Crippen molar-refractivity contribution in [3.8, 4) is 5.75 Å². The Morgan fingerprint density at radius 2 is 2.29 bits per heavy atom. The molecule has 0 fully saturated rings. The van der Waals surface area contributed by atoms with Crippen LogP contribution in [0.3, 0.4) is 0 Å². The molecule has 0 unspecified atom stereocenters. The number of hydrogen-bond acceptors (Lipinski definition) is 4. The van der Waals surface area contributed by atoms with Crippen molar-refractivity contribution < 1.29 is 19.4 Å². The number of pyridine rings is 1. The van der Waals surface area contributed by atoms with E-state index in [4.69, 9.17) is 9.84 Å². The molecule has 0 aliphatic rings. The van der Waals surface area contributed by atoms with Crippen molar-refractivity contribution in [2.75, 3.05) is 13.2 Å². The van der Waals surface area contributed by atoms with Crippen LogP contribution in [-0.4, -0.2) is 39.5 Å². The van der Waals surface area contributed by atoms with Crippen LogP contribution < -0.4 is 10.1 Å². The number of unbranched alkanes of at least 4 members (excludes halogenated alkanes) is 1. The Balaban J connectivity index is 2.04. The number of ether oxygens (including phenoxy) is 1. The number of carboxylic acid groups (broad SMARTS) is 1. The van der Waals surface area contributed by atoms with Crippen LogP contribution in [-0.2, 0) is 4.79 Å². The van der Waals surface area contributed by atoms with Crippen LogP contribution >= 0.6 is 0 Å². The Morgan fingerprint density at radius 3 is 3.00 bits per heavy atom. The van der Waals surface area contributed by atoms with E-state index in [2.05, 4.69) is 10.3 Å². The summed E-state index contributed by atoms with van der Waals surface area (Å²) < 4.78 is 6.97. The lowest BCUT2D eigenvalue weighted by atomic mass is 10.3. The first-order chi connectivity index (χ1) is 10.1. The number of carbonyl (C=O) groups excluding carboxylic acids is 1. The first-order valence-corrected chi connectivity index (χ1v) is 6.72. The summed E-state index contributed by atoms with van der Waals surface area (Å²) >= 11 is 0. The molecule has 0 atom stereocenters. The zero-order valence-electron chi connectivity index (χ0n) is 11.7. The van der Waals surface area contributed by atoms with Gasteiger partial charge in [0.25, 0.3) is 5.91 Å². The molecule has 2 aromatic rings. The number of aromatic carboxylic acids is 1. The lowest BCUT2D eigenvalue weighted by molar-refractivity contribution is -0.123. The van der Waals surface area contributed by atoms with E-state index in [1.807, 2.05) is 6.92 Å². The third kappa shape index (κ3) is 3.71. The van der Waals surface area contributed by atoms with Crippen LogP contribution in [0, 0.1) is 0 Å². The summed E-state index contributed by atoms with van der Waals surface area (Å²) in [5.74, 6) is -0.951. The topological polar surface area (TPSA) is 92.9 Å². The summed E-state index contributed by atoms with van der Waals surface area (Å²) in [6, 6.07) is 3.35. The third-order valence-corrected chi connectivity index (χ3v) is 2.88. The fourth-order valence-corrected chi connectivity index (χ4v) is 1.80. The van der Waals surface area contributed by atoms with Crippen molar-refractivity contribution in [3.63, 3.8) is 0 Å². The molecule has 0 radical (unpaired) electrons. The number of fused-ring (bicyclic) bond motifs is 1. The molecule has 0 saturated carbocycles. The van der Waals surface area contributed by atoms with Crippen molar-refractivity contribution in [1.29, 1.82) is 0 Å². The van der Waals surface area contributed by atoms with E-state index >= 15 is 0 Å². The largest absolute Gasteiger partial charge is 0.480 e. The molecule has 1 amide bonds. The Hall–Kier alpha value is -2.57. The normalized spacial score (nSPS) is 10.5. The fourth-order valence-electron chi connectivity index (χ4n) is 1.80. The van der Waals surface area contributed by atoms with Crippen LogP contribution in [0.15, 0.2) is 24.5 Å². The molecule has 0 bridgehead atoms. The van der Waals surface area contributed by atoms with Gasteiger partial charge in [-0.05, 0) is 18.6 Å². The predicted octanol–water partition coefficient (Wildman–Crippen LogP) is 1.33. The number of hydrogen-bond donors (Lipinski definition) is 2. The second-order valence-corrected chi connectivity index (χ2v) is 4.53. The second kappa shape index (κ2) is 6.74. The quantitative estimate of drug-likeness (QED) is 0.751. The SMILES string of the molecule is CCCCNC(=O)COc1cccn2cc(C(=O)O)nc12. The highest BCUT2D eigenvalue weighted by molar-refractivity contribution is 5.86. The minimum atomic E-state index is -1.11. The number of nitrogens with zero attached hydrogens (tertiary/aromatic N) is 2. The maximum absolute atomic E-state index is 11.6. The Bertz CT molecular complexity index is 651. The van der Waals surface area contributed by atoms with Gasteiger partial charge in [0.15, 0.2) is 23.7 Å². The summed E-state index contributed by atoms with van der Waals surface area (Å²) in [7, 11) is 0. The van der Waals surface area contributed by atoms with Gasteiger partial charge < -0.3 is 19.6 Å². The molecule has 0 aliphatic carbocycles. The van der Waals surface area contributed by atoms with Crippen LogP contribution in [0.4, 0.5) is 0 Å². The van der Waals surface area contributed by atoms with Gasteiger partial charge in [0.2, 0.25) is 0 Å². The number of rotatable bonds is 7. The van der Waals surface area contributed by atoms with Crippen molar-refractivity contribution in [2.24, 2.45) is 0 Å². The van der Waals surface area contributed by atoms with Crippen LogP contribution in [0.1, 0.15) is 30.3 Å². The first-order valence-electron chi connectivity index (χ1n) is 6.72. The van der Waals surface area contributed by atoms with E-state index in [1.54, 1.807) is 22.7 Å². The van der Waals surface area contributed by atoms with E-state index < -0.39 is 5.97 Å². The lowest BCUT2D eigenvalue weighted by Crippen LogP contribution is -2.29. The van der Waals surface area contributed by atoms with Crippen molar-refractivity contribution in [1.82, 2.24) is 14.7 Å². The molecule has 7 heteroatoms. The highest BCUT2D eigenvalue weighted by atomic mass is 16.5. The van der Waals surface area contributed by atoms with Crippen LogP contribution in [0.5, 0.6) is 5.75 Å². The third-order valence-electron chi connectivity index (χ3n) is 2.88. The smallest absolute Gasteiger partial charge is 0.356 e. The summed E-state index contributed by atoms with van der Waals surface area (Å²) in [5, 5.41) is 11.7. The van der Waals surface area contributed by atoms with Gasteiger partial charge in [0, 0.05) is 18.9 Å². The molecule has 2 N–H and O–H groups in total. The van der Waals surface area contributed by atoms with E-state index in [0.29, 0.717) is 17.9 Å². The molecule has 2 heterocycles. The van der Waals surface area contributed by atoms with E-state index in [0.717, 1.165) is 12.8 Å². The zero-order chi connectivity index (χ0) is 15.2. The minimum Gasteiger partial charge on any atom is -0.480 e. The molecule has 0 aliphatic heterocycles. The maximum atomic E-state index is 11.6. The number of aromatic nitrogens is 2. The average Bonchev–Trinajstić information content (AvgIpc) is 2.90. The highest BCUT2D eigenvalue weighted by Gasteiger charge is 2.12. The molecule has 0 aromatic carbocycles. The molecular weight excluding hydrogens is 274 g/mol. The highest BCUT2D eigenvalue weighted by Crippen LogP contribution is 2.18. The molecular formula is C14H17N3O4. The number of carbonyl (C=O) groups is 2. The molecule has 7 nitrogen and oxygen atoms in total. The molecule has 112 valence electrons. The summed E-state index contributed by atoms with van der Waals surface area (Å²) in [6.45, 7) is 2.54. The Morgan fingerprint density at radius 1 is 1.48 bits per heavy atom. The number of amides is 1. The summed E-state index contributed by atoms with van der Waals surface area (Å²) in [6.07, 6.45) is 4.99. The molecule has 0 spiro atoms. The maximum Gasteiger partial charge on any atom is 0.356 e. The van der Waals surface area contributed by atoms with Gasteiger partial charge in [0.05, 0.1) is 0 Å². The average molecular weight is 291 g/mol. The van der Waals surface area contributed by atoms with Crippen LogP contribution in [0.2, 0.25) is 0 Å². The van der Waals surface area contributed by atoms with E-state index in [1.165, 1.54) is 6.20 Å². The summed E-state index contributed by atoms with van der Waals surface area (Å²) in [5.41, 5.74) is 0.301. The lowest BCUT2D eigenvalue weighted by Gasteiger charge is -2.07. The monoisotopic (exact) mass is 291 g/mol. The molecule has 2 aromatic heterocycles. The zero-order valence-corrected chi connectivity index (χ0v) is 11.7. The number of carboxylic acids is 1. The van der Waals surface area contributed by atoms with Gasteiger partial charge in [-0.25, -0.2) is 9.78 Å². The van der Waals surface area contributed by atoms with E-state index in [-0.39, 0.29) is 18.2 Å². The Labute approximate surface area is 121 Å². The van der Waals surface area contributed by atoms with Gasteiger partial charge >= 0.3 is 5.97 Å². The minimum absolute atomic E-state index is 0.0709.